The molecule has 0 radical (unpaired) electrons. The summed E-state index contributed by atoms with van der Waals surface area (Å²) in [6.07, 6.45) is 4.14. The molecule has 0 N–H and O–H groups in total. The number of ether oxygens (including phenoxy) is 1. The van der Waals surface area contributed by atoms with Crippen LogP contribution < -0.4 is 0 Å². The molecule has 4 heterocycles. The standard InChI is InChI=1S/C22H29N3O2S/c1-4-17-5-6-18(23-9-17)12-24-8-7-19-20(14-28-21(19)13-24)22(26)25-10-15(2)27-16(3)11-25/h5-6,9,14-16H,4,7-8,10-13H2,1-3H3/t15-,16+. The van der Waals surface area contributed by atoms with Crippen molar-refractivity contribution in [3.63, 3.8) is 0 Å². The maximum Gasteiger partial charge on any atom is 0.255 e. The van der Waals surface area contributed by atoms with Crippen molar-refractivity contribution in [2.24, 2.45) is 0 Å². The van der Waals surface area contributed by atoms with Crippen LogP contribution in [0.4, 0.5) is 0 Å². The van der Waals surface area contributed by atoms with Gasteiger partial charge in [0.2, 0.25) is 0 Å². The molecule has 2 aliphatic rings. The lowest BCUT2D eigenvalue weighted by atomic mass is 10.0. The Balaban J connectivity index is 1.43. The molecule has 2 aromatic heterocycles. The van der Waals surface area contributed by atoms with Crippen LogP contribution in [0.15, 0.2) is 23.7 Å². The number of aryl methyl sites for hydroxylation is 1. The Morgan fingerprint density at radius 2 is 2.07 bits per heavy atom. The van der Waals surface area contributed by atoms with E-state index in [4.69, 9.17) is 4.74 Å². The first-order valence-electron chi connectivity index (χ1n) is 10.2. The van der Waals surface area contributed by atoms with Crippen LogP contribution in [0.25, 0.3) is 0 Å². The summed E-state index contributed by atoms with van der Waals surface area (Å²) in [6.45, 7) is 10.3. The Kier molecular flexibility index (Phi) is 5.80. The van der Waals surface area contributed by atoms with E-state index in [0.29, 0.717) is 13.1 Å². The van der Waals surface area contributed by atoms with Gasteiger partial charge in [0.25, 0.3) is 5.91 Å². The Morgan fingerprint density at radius 3 is 2.75 bits per heavy atom. The number of aromatic nitrogens is 1. The highest BCUT2D eigenvalue weighted by Gasteiger charge is 2.30. The van der Waals surface area contributed by atoms with Crippen LogP contribution in [0.2, 0.25) is 0 Å². The summed E-state index contributed by atoms with van der Waals surface area (Å²) in [6, 6.07) is 4.31. The van der Waals surface area contributed by atoms with Gasteiger partial charge in [0.05, 0.1) is 23.5 Å². The Bertz CT molecular complexity index is 823. The van der Waals surface area contributed by atoms with Gasteiger partial charge in [-0.25, -0.2) is 0 Å². The van der Waals surface area contributed by atoms with E-state index in [2.05, 4.69) is 34.3 Å². The molecular weight excluding hydrogens is 370 g/mol. The second kappa shape index (κ2) is 8.31. The smallest absolute Gasteiger partial charge is 0.255 e. The monoisotopic (exact) mass is 399 g/mol. The maximum atomic E-state index is 13.1. The van der Waals surface area contributed by atoms with Crippen molar-refractivity contribution in [2.45, 2.75) is 58.9 Å². The molecule has 0 unspecified atom stereocenters. The third-order valence-electron chi connectivity index (χ3n) is 5.64. The van der Waals surface area contributed by atoms with Crippen LogP contribution in [0.3, 0.4) is 0 Å². The first-order valence-corrected chi connectivity index (χ1v) is 11.1. The third kappa shape index (κ3) is 4.14. The van der Waals surface area contributed by atoms with Crippen LogP contribution >= 0.6 is 11.3 Å². The van der Waals surface area contributed by atoms with Crippen molar-refractivity contribution in [1.29, 1.82) is 0 Å². The molecule has 0 bridgehead atoms. The van der Waals surface area contributed by atoms with Gasteiger partial charge in [0.1, 0.15) is 0 Å². The third-order valence-corrected chi connectivity index (χ3v) is 6.66. The zero-order chi connectivity index (χ0) is 19.7. The fraction of sp³-hybridized carbons (Fsp3) is 0.545. The molecule has 0 aliphatic carbocycles. The summed E-state index contributed by atoms with van der Waals surface area (Å²) in [5.74, 6) is 0.171. The molecule has 6 heteroatoms. The SMILES string of the molecule is CCc1ccc(CN2CCc3c(C(=O)N4C[C@@H](C)O[C@@H](C)C4)csc3C2)nc1. The second-order valence-corrected chi connectivity index (χ2v) is 8.95. The quantitative estimate of drug-likeness (QED) is 0.789. The van der Waals surface area contributed by atoms with Crippen molar-refractivity contribution < 1.29 is 9.53 Å². The molecule has 28 heavy (non-hydrogen) atoms. The van der Waals surface area contributed by atoms with E-state index in [9.17, 15) is 4.79 Å². The number of thiophene rings is 1. The van der Waals surface area contributed by atoms with Gasteiger partial charge in [0, 0.05) is 49.2 Å². The number of hydrogen-bond acceptors (Lipinski definition) is 5. The highest BCUT2D eigenvalue weighted by atomic mass is 32.1. The molecule has 4 rings (SSSR count). The predicted molar refractivity (Wildman–Crippen MR) is 112 cm³/mol. The first-order chi connectivity index (χ1) is 13.5. The van der Waals surface area contributed by atoms with E-state index < -0.39 is 0 Å². The molecule has 150 valence electrons. The lowest BCUT2D eigenvalue weighted by molar-refractivity contribution is -0.0586. The van der Waals surface area contributed by atoms with E-state index in [1.54, 1.807) is 11.3 Å². The van der Waals surface area contributed by atoms with Crippen LogP contribution in [-0.2, 0) is 30.7 Å². The highest BCUT2D eigenvalue weighted by molar-refractivity contribution is 7.10. The minimum atomic E-state index is 0.101. The number of nitrogens with zero attached hydrogens (tertiary/aromatic N) is 3. The normalized spacial score (nSPS) is 22.9. The number of carbonyl (C=O) groups is 1. The Hall–Kier alpha value is -1.76. The Morgan fingerprint density at radius 1 is 1.29 bits per heavy atom. The lowest BCUT2D eigenvalue weighted by Crippen LogP contribution is -2.48. The van der Waals surface area contributed by atoms with Crippen molar-refractivity contribution >= 4 is 17.2 Å². The van der Waals surface area contributed by atoms with Crippen LogP contribution in [0.1, 0.15) is 52.8 Å². The molecule has 0 saturated carbocycles. The average molecular weight is 400 g/mol. The zero-order valence-corrected chi connectivity index (χ0v) is 17.8. The Labute approximate surface area is 171 Å². The molecule has 2 aromatic rings. The summed E-state index contributed by atoms with van der Waals surface area (Å²) < 4.78 is 5.78. The number of fused-ring (bicyclic) bond motifs is 1. The van der Waals surface area contributed by atoms with E-state index in [1.165, 1.54) is 16.0 Å². The summed E-state index contributed by atoms with van der Waals surface area (Å²) >= 11 is 1.73. The number of pyridine rings is 1. The number of amides is 1. The highest BCUT2D eigenvalue weighted by Crippen LogP contribution is 2.30. The van der Waals surface area contributed by atoms with Crippen molar-refractivity contribution in [3.05, 3.63) is 51.0 Å². The molecule has 1 amide bonds. The average Bonchev–Trinajstić information content (AvgIpc) is 3.10. The molecule has 0 spiro atoms. The van der Waals surface area contributed by atoms with E-state index in [1.807, 2.05) is 24.9 Å². The van der Waals surface area contributed by atoms with E-state index >= 15 is 0 Å². The van der Waals surface area contributed by atoms with Gasteiger partial charge in [-0.3, -0.25) is 14.7 Å². The molecule has 1 saturated heterocycles. The van der Waals surface area contributed by atoms with Crippen molar-refractivity contribution in [3.8, 4) is 0 Å². The first kappa shape index (κ1) is 19.6. The van der Waals surface area contributed by atoms with Crippen LogP contribution in [-0.4, -0.2) is 52.5 Å². The van der Waals surface area contributed by atoms with Crippen LogP contribution in [0, 0.1) is 0 Å². The van der Waals surface area contributed by atoms with Gasteiger partial charge in [-0.1, -0.05) is 13.0 Å². The minimum absolute atomic E-state index is 0.101. The van der Waals surface area contributed by atoms with Gasteiger partial charge in [-0.2, -0.15) is 0 Å². The molecule has 2 aliphatic heterocycles. The minimum Gasteiger partial charge on any atom is -0.372 e. The second-order valence-electron chi connectivity index (χ2n) is 7.99. The summed E-state index contributed by atoms with van der Waals surface area (Å²) in [4.78, 5) is 23.4. The molecular formula is C22H29N3O2S. The molecule has 1 fully saturated rings. The van der Waals surface area contributed by atoms with E-state index in [-0.39, 0.29) is 18.1 Å². The summed E-state index contributed by atoms with van der Waals surface area (Å²) in [5, 5.41) is 2.07. The number of hydrogen-bond donors (Lipinski definition) is 0. The fourth-order valence-corrected chi connectivity index (χ4v) is 5.31. The van der Waals surface area contributed by atoms with Crippen molar-refractivity contribution in [1.82, 2.24) is 14.8 Å². The van der Waals surface area contributed by atoms with Gasteiger partial charge < -0.3 is 9.64 Å². The topological polar surface area (TPSA) is 45.7 Å². The number of rotatable bonds is 4. The van der Waals surface area contributed by atoms with E-state index in [0.717, 1.165) is 43.7 Å². The van der Waals surface area contributed by atoms with Crippen LogP contribution in [0.5, 0.6) is 0 Å². The molecule has 0 aromatic carbocycles. The zero-order valence-electron chi connectivity index (χ0n) is 17.0. The predicted octanol–water partition coefficient (Wildman–Crippen LogP) is 3.51. The van der Waals surface area contributed by atoms with Gasteiger partial charge >= 0.3 is 0 Å². The number of carbonyl (C=O) groups excluding carboxylic acids is 1. The van der Waals surface area contributed by atoms with Crippen molar-refractivity contribution in [2.75, 3.05) is 19.6 Å². The molecule has 2 atom stereocenters. The summed E-state index contributed by atoms with van der Waals surface area (Å²) in [5.41, 5.74) is 4.56. The van der Waals surface area contributed by atoms with Gasteiger partial charge in [-0.05, 0) is 43.9 Å². The molecule has 5 nitrogen and oxygen atoms in total. The van der Waals surface area contributed by atoms with Gasteiger partial charge in [-0.15, -0.1) is 11.3 Å². The largest absolute Gasteiger partial charge is 0.372 e. The fourth-order valence-electron chi connectivity index (χ4n) is 4.20. The number of morpholine rings is 1. The summed E-state index contributed by atoms with van der Waals surface area (Å²) in [7, 11) is 0. The maximum absolute atomic E-state index is 13.1. The lowest BCUT2D eigenvalue weighted by Gasteiger charge is -2.35. The van der Waals surface area contributed by atoms with Gasteiger partial charge in [0.15, 0.2) is 0 Å².